The third kappa shape index (κ3) is 4.01. The van der Waals surface area contributed by atoms with Gasteiger partial charge in [0.15, 0.2) is 0 Å². The Morgan fingerprint density at radius 2 is 1.88 bits per heavy atom. The van der Waals surface area contributed by atoms with Gasteiger partial charge in [-0.1, -0.05) is 12.1 Å². The zero-order valence-electron chi connectivity index (χ0n) is 17.3. The molecule has 0 saturated carbocycles. The van der Waals surface area contributed by atoms with E-state index in [1.807, 2.05) is 6.92 Å². The van der Waals surface area contributed by atoms with Gasteiger partial charge in [0.25, 0.3) is 5.91 Å². The summed E-state index contributed by atoms with van der Waals surface area (Å²) in [5.74, 6) is -0.678. The minimum atomic E-state index is -4.54. The number of alkyl halides is 3. The maximum absolute atomic E-state index is 13.0. The van der Waals surface area contributed by atoms with Gasteiger partial charge < -0.3 is 5.32 Å². The average molecular weight is 440 g/mol. The molecule has 0 spiro atoms. The summed E-state index contributed by atoms with van der Waals surface area (Å²) in [6.07, 6.45) is -1.23. The number of benzene rings is 2. The minimum absolute atomic E-state index is 0.115. The Bertz CT molecular complexity index is 1210. The van der Waals surface area contributed by atoms with Gasteiger partial charge in [-0.3, -0.25) is 19.6 Å². The molecule has 2 aromatic carbocycles. The molecule has 9 heteroatoms. The largest absolute Gasteiger partial charge is 0.416 e. The second-order valence-electron chi connectivity index (χ2n) is 7.47. The first-order chi connectivity index (χ1) is 15.1. The molecule has 0 bridgehead atoms. The van der Waals surface area contributed by atoms with Gasteiger partial charge in [0.2, 0.25) is 0 Å². The molecule has 0 aliphatic carbocycles. The van der Waals surface area contributed by atoms with Crippen LogP contribution in [0.5, 0.6) is 0 Å². The van der Waals surface area contributed by atoms with Crippen molar-refractivity contribution in [2.24, 2.45) is 0 Å². The molecule has 32 heavy (non-hydrogen) atoms. The first-order valence-electron chi connectivity index (χ1n) is 9.72. The van der Waals surface area contributed by atoms with Crippen LogP contribution in [0.15, 0.2) is 60.9 Å². The van der Waals surface area contributed by atoms with E-state index >= 15 is 0 Å². The van der Waals surface area contributed by atoms with Crippen molar-refractivity contribution >= 4 is 29.0 Å². The summed E-state index contributed by atoms with van der Waals surface area (Å²) in [6, 6.07) is 10.7. The SMILES string of the molecule is Cc1ccc(NC(=O)c2cccc(C(F)(F)F)c2)cc1N1Cc2cnccc2N(C)C1=O. The quantitative estimate of drug-likeness (QED) is 0.606. The number of amides is 3. The van der Waals surface area contributed by atoms with Crippen LogP contribution in [0.4, 0.5) is 35.0 Å². The Labute approximate surface area is 182 Å². The van der Waals surface area contributed by atoms with Crippen molar-refractivity contribution in [3.63, 3.8) is 0 Å². The highest BCUT2D eigenvalue weighted by atomic mass is 19.4. The van der Waals surface area contributed by atoms with Gasteiger partial charge in [-0.05, 0) is 48.9 Å². The van der Waals surface area contributed by atoms with Crippen LogP contribution < -0.4 is 15.1 Å². The van der Waals surface area contributed by atoms with E-state index in [1.165, 1.54) is 17.0 Å². The number of anilines is 3. The van der Waals surface area contributed by atoms with E-state index in [0.29, 0.717) is 17.9 Å². The van der Waals surface area contributed by atoms with Crippen molar-refractivity contribution in [1.29, 1.82) is 0 Å². The lowest BCUT2D eigenvalue weighted by molar-refractivity contribution is -0.137. The molecule has 0 saturated heterocycles. The maximum Gasteiger partial charge on any atom is 0.416 e. The van der Waals surface area contributed by atoms with Crippen LogP contribution in [0.1, 0.15) is 27.0 Å². The third-order valence-electron chi connectivity index (χ3n) is 5.30. The average Bonchev–Trinajstić information content (AvgIpc) is 2.77. The molecule has 3 amide bonds. The predicted octanol–water partition coefficient (Wildman–Crippen LogP) is 5.24. The zero-order valence-corrected chi connectivity index (χ0v) is 17.3. The highest BCUT2D eigenvalue weighted by molar-refractivity contribution is 6.07. The van der Waals surface area contributed by atoms with E-state index in [1.54, 1.807) is 48.6 Å². The molecular weight excluding hydrogens is 421 g/mol. The van der Waals surface area contributed by atoms with Gasteiger partial charge in [-0.2, -0.15) is 13.2 Å². The van der Waals surface area contributed by atoms with E-state index in [9.17, 15) is 22.8 Å². The van der Waals surface area contributed by atoms with Crippen LogP contribution in [-0.4, -0.2) is 24.0 Å². The zero-order chi connectivity index (χ0) is 23.0. The van der Waals surface area contributed by atoms with Crippen molar-refractivity contribution in [2.45, 2.75) is 19.6 Å². The predicted molar refractivity (Wildman–Crippen MR) is 115 cm³/mol. The second kappa shape index (κ2) is 7.99. The molecule has 2 heterocycles. The molecule has 1 aliphatic heterocycles. The molecular formula is C23H19F3N4O2. The summed E-state index contributed by atoms with van der Waals surface area (Å²) < 4.78 is 38.9. The normalized spacial score (nSPS) is 13.7. The number of aryl methyl sites for hydroxylation is 1. The van der Waals surface area contributed by atoms with Crippen LogP contribution in [0.25, 0.3) is 0 Å². The molecule has 1 aromatic heterocycles. The van der Waals surface area contributed by atoms with E-state index in [0.717, 1.165) is 28.9 Å². The second-order valence-corrected chi connectivity index (χ2v) is 7.47. The number of nitrogens with one attached hydrogen (secondary N) is 1. The highest BCUT2D eigenvalue weighted by Crippen LogP contribution is 2.34. The van der Waals surface area contributed by atoms with Crippen LogP contribution in [0, 0.1) is 6.92 Å². The summed E-state index contributed by atoms with van der Waals surface area (Å²) in [4.78, 5) is 32.7. The molecule has 1 N–H and O–H groups in total. The maximum atomic E-state index is 13.0. The number of pyridine rings is 1. The fourth-order valence-electron chi connectivity index (χ4n) is 3.60. The Balaban J connectivity index is 1.61. The van der Waals surface area contributed by atoms with Crippen LogP contribution >= 0.6 is 0 Å². The molecule has 4 rings (SSSR count). The monoisotopic (exact) mass is 440 g/mol. The van der Waals surface area contributed by atoms with Crippen molar-refractivity contribution < 1.29 is 22.8 Å². The first kappa shape index (κ1) is 21.4. The number of aromatic nitrogens is 1. The first-order valence-corrected chi connectivity index (χ1v) is 9.72. The van der Waals surface area contributed by atoms with Gasteiger partial charge in [0.05, 0.1) is 23.5 Å². The smallest absolute Gasteiger partial charge is 0.322 e. The number of halogens is 3. The number of carbonyl (C=O) groups is 2. The molecule has 3 aromatic rings. The van der Waals surface area contributed by atoms with Gasteiger partial charge >= 0.3 is 12.2 Å². The Morgan fingerprint density at radius 3 is 2.62 bits per heavy atom. The summed E-state index contributed by atoms with van der Waals surface area (Å²) >= 11 is 0. The number of fused-ring (bicyclic) bond motifs is 1. The number of hydrogen-bond donors (Lipinski definition) is 1. The molecule has 0 unspecified atom stereocenters. The van der Waals surface area contributed by atoms with Gasteiger partial charge in [0, 0.05) is 36.3 Å². The van der Waals surface area contributed by atoms with Crippen molar-refractivity contribution in [3.05, 3.63) is 83.2 Å². The lowest BCUT2D eigenvalue weighted by Crippen LogP contribution is -2.45. The van der Waals surface area contributed by atoms with E-state index in [2.05, 4.69) is 10.3 Å². The Kier molecular flexibility index (Phi) is 5.33. The highest BCUT2D eigenvalue weighted by Gasteiger charge is 2.31. The lowest BCUT2D eigenvalue weighted by Gasteiger charge is -2.35. The van der Waals surface area contributed by atoms with Crippen molar-refractivity contribution in [3.8, 4) is 0 Å². The van der Waals surface area contributed by atoms with Gasteiger partial charge in [-0.25, -0.2) is 4.79 Å². The van der Waals surface area contributed by atoms with Gasteiger partial charge in [-0.15, -0.1) is 0 Å². The minimum Gasteiger partial charge on any atom is -0.322 e. The van der Waals surface area contributed by atoms with E-state index < -0.39 is 17.6 Å². The summed E-state index contributed by atoms with van der Waals surface area (Å²) in [5.41, 5.74) is 2.37. The molecule has 164 valence electrons. The van der Waals surface area contributed by atoms with Crippen molar-refractivity contribution in [1.82, 2.24) is 4.98 Å². The fraction of sp³-hybridized carbons (Fsp3) is 0.174. The number of hydrogen-bond acceptors (Lipinski definition) is 3. The summed E-state index contributed by atoms with van der Waals surface area (Å²) in [7, 11) is 1.67. The summed E-state index contributed by atoms with van der Waals surface area (Å²) in [5, 5.41) is 2.62. The molecule has 6 nitrogen and oxygen atoms in total. The number of nitrogens with zero attached hydrogens (tertiary/aromatic N) is 3. The third-order valence-corrected chi connectivity index (χ3v) is 5.30. The van der Waals surface area contributed by atoms with Crippen LogP contribution in [0.3, 0.4) is 0 Å². The molecule has 1 aliphatic rings. The van der Waals surface area contributed by atoms with Gasteiger partial charge in [0.1, 0.15) is 0 Å². The standard InChI is InChI=1S/C23H19F3N4O2/c1-14-6-7-18(28-21(31)15-4-3-5-17(10-15)23(24,25)26)11-20(14)30-13-16-12-27-9-8-19(16)29(2)22(30)32/h3-12H,13H2,1-2H3,(H,28,31). The van der Waals surface area contributed by atoms with Crippen LogP contribution in [0.2, 0.25) is 0 Å². The molecule has 0 fully saturated rings. The number of carbonyl (C=O) groups excluding carboxylic acids is 2. The Hall–Kier alpha value is -3.88. The molecule has 0 atom stereocenters. The lowest BCUT2D eigenvalue weighted by atomic mass is 10.1. The molecule has 0 radical (unpaired) electrons. The number of rotatable bonds is 3. The van der Waals surface area contributed by atoms with Crippen LogP contribution in [-0.2, 0) is 12.7 Å². The van der Waals surface area contributed by atoms with Crippen molar-refractivity contribution in [2.75, 3.05) is 22.2 Å². The topological polar surface area (TPSA) is 65.5 Å². The summed E-state index contributed by atoms with van der Waals surface area (Å²) in [6.45, 7) is 2.14. The Morgan fingerprint density at radius 1 is 1.09 bits per heavy atom. The fourth-order valence-corrected chi connectivity index (χ4v) is 3.60. The van der Waals surface area contributed by atoms with E-state index in [4.69, 9.17) is 0 Å². The number of urea groups is 1. The van der Waals surface area contributed by atoms with E-state index in [-0.39, 0.29) is 11.6 Å².